The van der Waals surface area contributed by atoms with Crippen molar-refractivity contribution in [2.45, 2.75) is 39.3 Å². The normalized spacial score (nSPS) is 14.9. The van der Waals surface area contributed by atoms with Gasteiger partial charge in [0.25, 0.3) is 0 Å². The average Bonchev–Trinajstić information content (AvgIpc) is 2.29. The molecule has 0 bridgehead atoms. The largest absolute Gasteiger partial charge is 0.392 e. The first-order valence-electron chi connectivity index (χ1n) is 6.15. The molecule has 0 aliphatic carbocycles. The summed E-state index contributed by atoms with van der Waals surface area (Å²) < 4.78 is 13.4. The molecule has 1 aromatic carbocycles. The molecule has 0 saturated carbocycles. The lowest BCUT2D eigenvalue weighted by molar-refractivity contribution is 0.120. The fourth-order valence-corrected chi connectivity index (χ4v) is 1.62. The highest BCUT2D eigenvalue weighted by molar-refractivity contribution is 5.18. The maximum Gasteiger partial charge on any atom is 0.126 e. The number of aliphatic hydroxyl groups excluding tert-OH is 1. The highest BCUT2D eigenvalue weighted by atomic mass is 19.1. The Morgan fingerprint density at radius 1 is 1.24 bits per heavy atom. The predicted octanol–water partition coefficient (Wildman–Crippen LogP) is 2.36. The second-order valence-corrected chi connectivity index (χ2v) is 4.92. The van der Waals surface area contributed by atoms with Crippen molar-refractivity contribution in [1.82, 2.24) is 5.32 Å². The Kier molecular flexibility index (Phi) is 5.59. The molecule has 0 aliphatic rings. The molecule has 1 rings (SSSR count). The molecule has 0 radical (unpaired) electrons. The smallest absolute Gasteiger partial charge is 0.126 e. The summed E-state index contributed by atoms with van der Waals surface area (Å²) in [7, 11) is 0. The highest BCUT2D eigenvalue weighted by Gasteiger charge is 2.11. The Morgan fingerprint density at radius 3 is 2.47 bits per heavy atom. The second kappa shape index (κ2) is 6.72. The number of halogens is 1. The molecule has 0 aliphatic heterocycles. The van der Waals surface area contributed by atoms with Crippen molar-refractivity contribution in [3.05, 3.63) is 35.6 Å². The lowest BCUT2D eigenvalue weighted by Crippen LogP contribution is -2.37. The maximum absolute atomic E-state index is 13.4. The molecule has 96 valence electrons. The van der Waals surface area contributed by atoms with Crippen LogP contribution in [0.3, 0.4) is 0 Å². The molecular formula is C14H22FNO. The van der Waals surface area contributed by atoms with E-state index in [1.54, 1.807) is 12.1 Å². The molecule has 2 unspecified atom stereocenters. The fraction of sp³-hybridized carbons (Fsp3) is 0.571. The zero-order chi connectivity index (χ0) is 12.8. The minimum absolute atomic E-state index is 0.153. The molecule has 2 nitrogen and oxygen atoms in total. The van der Waals surface area contributed by atoms with Crippen LogP contribution >= 0.6 is 0 Å². The molecule has 0 spiro atoms. The van der Waals surface area contributed by atoms with Crippen LogP contribution < -0.4 is 5.32 Å². The van der Waals surface area contributed by atoms with Gasteiger partial charge in [-0.1, -0.05) is 32.0 Å². The third kappa shape index (κ3) is 4.84. The van der Waals surface area contributed by atoms with E-state index in [9.17, 15) is 9.50 Å². The molecular weight excluding hydrogens is 217 g/mol. The number of rotatable bonds is 6. The standard InChI is InChI=1S/C14H22FNO/c1-10(2)14(17)9-16-11(3)8-12-6-4-5-7-13(12)15/h4-7,10-11,14,16-17H,8-9H2,1-3H3. The zero-order valence-corrected chi connectivity index (χ0v) is 10.8. The van der Waals surface area contributed by atoms with Gasteiger partial charge in [0, 0.05) is 12.6 Å². The molecule has 1 aromatic rings. The fourth-order valence-electron chi connectivity index (χ4n) is 1.62. The van der Waals surface area contributed by atoms with E-state index >= 15 is 0 Å². The van der Waals surface area contributed by atoms with E-state index in [4.69, 9.17) is 0 Å². The average molecular weight is 239 g/mol. The molecule has 0 saturated heterocycles. The van der Waals surface area contributed by atoms with Crippen molar-refractivity contribution >= 4 is 0 Å². The first kappa shape index (κ1) is 14.1. The number of aliphatic hydroxyl groups is 1. The van der Waals surface area contributed by atoms with Crippen LogP contribution in [0.1, 0.15) is 26.3 Å². The van der Waals surface area contributed by atoms with Crippen molar-refractivity contribution in [3.8, 4) is 0 Å². The van der Waals surface area contributed by atoms with Gasteiger partial charge in [-0.05, 0) is 30.9 Å². The van der Waals surface area contributed by atoms with Gasteiger partial charge in [0.15, 0.2) is 0 Å². The number of benzene rings is 1. The Morgan fingerprint density at radius 2 is 1.88 bits per heavy atom. The van der Waals surface area contributed by atoms with Crippen molar-refractivity contribution in [2.24, 2.45) is 5.92 Å². The summed E-state index contributed by atoms with van der Waals surface area (Å²) in [5, 5.41) is 12.9. The first-order valence-corrected chi connectivity index (χ1v) is 6.15. The van der Waals surface area contributed by atoms with Gasteiger partial charge in [0.2, 0.25) is 0 Å². The third-order valence-corrected chi connectivity index (χ3v) is 2.93. The van der Waals surface area contributed by atoms with Crippen molar-refractivity contribution in [3.63, 3.8) is 0 Å². The maximum atomic E-state index is 13.4. The van der Waals surface area contributed by atoms with Crippen LogP contribution in [-0.4, -0.2) is 23.8 Å². The van der Waals surface area contributed by atoms with E-state index in [2.05, 4.69) is 5.32 Å². The van der Waals surface area contributed by atoms with Crippen LogP contribution in [-0.2, 0) is 6.42 Å². The van der Waals surface area contributed by atoms with E-state index in [-0.39, 0.29) is 23.9 Å². The van der Waals surface area contributed by atoms with Crippen molar-refractivity contribution < 1.29 is 9.50 Å². The van der Waals surface area contributed by atoms with Crippen LogP contribution in [0, 0.1) is 11.7 Å². The third-order valence-electron chi connectivity index (χ3n) is 2.93. The number of hydrogen-bond acceptors (Lipinski definition) is 2. The summed E-state index contributed by atoms with van der Waals surface area (Å²) in [4.78, 5) is 0. The van der Waals surface area contributed by atoms with Gasteiger partial charge in [0.1, 0.15) is 5.82 Å². The summed E-state index contributed by atoms with van der Waals surface area (Å²) in [5.41, 5.74) is 0.714. The number of nitrogens with one attached hydrogen (secondary N) is 1. The Labute approximate surface area is 103 Å². The topological polar surface area (TPSA) is 32.3 Å². The molecule has 2 N–H and O–H groups in total. The summed E-state index contributed by atoms with van der Waals surface area (Å²) in [6, 6.07) is 6.96. The first-order chi connectivity index (χ1) is 8.00. The van der Waals surface area contributed by atoms with Crippen molar-refractivity contribution in [2.75, 3.05) is 6.54 Å². The monoisotopic (exact) mass is 239 g/mol. The van der Waals surface area contributed by atoms with Crippen LogP contribution in [0.5, 0.6) is 0 Å². The molecule has 0 heterocycles. The van der Waals surface area contributed by atoms with E-state index in [0.717, 1.165) is 0 Å². The van der Waals surface area contributed by atoms with Gasteiger partial charge in [-0.2, -0.15) is 0 Å². The van der Waals surface area contributed by atoms with Gasteiger partial charge >= 0.3 is 0 Å². The van der Waals surface area contributed by atoms with Gasteiger partial charge in [-0.15, -0.1) is 0 Å². The molecule has 3 heteroatoms. The highest BCUT2D eigenvalue weighted by Crippen LogP contribution is 2.09. The summed E-state index contributed by atoms with van der Waals surface area (Å²) in [6.45, 7) is 6.51. The van der Waals surface area contributed by atoms with Crippen molar-refractivity contribution in [1.29, 1.82) is 0 Å². The van der Waals surface area contributed by atoms with Gasteiger partial charge in [-0.3, -0.25) is 0 Å². The molecule has 0 amide bonds. The Hall–Kier alpha value is -0.930. The quantitative estimate of drug-likeness (QED) is 0.798. The minimum Gasteiger partial charge on any atom is -0.392 e. The Bertz CT molecular complexity index is 341. The summed E-state index contributed by atoms with van der Waals surface area (Å²) >= 11 is 0. The van der Waals surface area contributed by atoms with Gasteiger partial charge in [0.05, 0.1) is 6.10 Å². The molecule has 17 heavy (non-hydrogen) atoms. The summed E-state index contributed by atoms with van der Waals surface area (Å²) in [5.74, 6) is 0.0775. The number of hydrogen-bond donors (Lipinski definition) is 2. The SMILES string of the molecule is CC(Cc1ccccc1F)NCC(O)C(C)C. The van der Waals surface area contributed by atoms with Gasteiger partial charge in [-0.25, -0.2) is 4.39 Å². The van der Waals surface area contributed by atoms with E-state index in [1.165, 1.54) is 6.07 Å². The predicted molar refractivity (Wildman–Crippen MR) is 68.4 cm³/mol. The van der Waals surface area contributed by atoms with Gasteiger partial charge < -0.3 is 10.4 Å². The van der Waals surface area contributed by atoms with E-state index in [1.807, 2.05) is 26.8 Å². The minimum atomic E-state index is -0.349. The lowest BCUT2D eigenvalue weighted by atomic mass is 10.0. The second-order valence-electron chi connectivity index (χ2n) is 4.92. The molecule has 0 aromatic heterocycles. The van der Waals surface area contributed by atoms with Crippen LogP contribution in [0.4, 0.5) is 4.39 Å². The van der Waals surface area contributed by atoms with Crippen LogP contribution in [0.15, 0.2) is 24.3 Å². The Balaban J connectivity index is 2.40. The summed E-state index contributed by atoms with van der Waals surface area (Å²) in [6.07, 6.45) is 0.287. The lowest BCUT2D eigenvalue weighted by Gasteiger charge is -2.19. The van der Waals surface area contributed by atoms with E-state index in [0.29, 0.717) is 18.5 Å². The van der Waals surface area contributed by atoms with E-state index < -0.39 is 0 Å². The zero-order valence-electron chi connectivity index (χ0n) is 10.8. The van der Waals surface area contributed by atoms with Crippen LogP contribution in [0.2, 0.25) is 0 Å². The van der Waals surface area contributed by atoms with Crippen LogP contribution in [0.25, 0.3) is 0 Å². The molecule has 0 fully saturated rings. The molecule has 2 atom stereocenters.